The van der Waals surface area contributed by atoms with Crippen LogP contribution in [-0.4, -0.2) is 17.4 Å². The van der Waals surface area contributed by atoms with Gasteiger partial charge in [-0.05, 0) is 41.8 Å². The van der Waals surface area contributed by atoms with Gasteiger partial charge in [0.15, 0.2) is 0 Å². The maximum atomic E-state index is 15.2. The maximum absolute atomic E-state index is 15.2. The Kier molecular flexibility index (Phi) is 3.52. The summed E-state index contributed by atoms with van der Waals surface area (Å²) in [5.41, 5.74) is 10.9. The third kappa shape index (κ3) is 2.43. The maximum Gasteiger partial charge on any atom is 0.250 e. The van der Waals surface area contributed by atoms with E-state index in [4.69, 9.17) is 5.73 Å². The van der Waals surface area contributed by atoms with Gasteiger partial charge in [-0.2, -0.15) is 0 Å². The van der Waals surface area contributed by atoms with E-state index in [1.807, 2.05) is 30.3 Å². The lowest BCUT2D eigenvalue weighted by atomic mass is 9.92. The lowest BCUT2D eigenvalue weighted by molar-refractivity contribution is 0.100. The summed E-state index contributed by atoms with van der Waals surface area (Å²) in [5, 5.41) is 4.93. The largest absolute Gasteiger partial charge is 0.366 e. The molecule has 4 nitrogen and oxygen atoms in total. The Morgan fingerprint density at radius 2 is 1.93 bits per heavy atom. The molecule has 0 radical (unpaired) electrons. The van der Waals surface area contributed by atoms with Crippen LogP contribution in [0.25, 0.3) is 32.9 Å². The van der Waals surface area contributed by atoms with Crippen molar-refractivity contribution >= 4 is 27.7 Å². The number of hydrogen-bond acceptors (Lipinski definition) is 2. The number of carbonyl (C=O) groups excluding carboxylic acids is 1. The minimum Gasteiger partial charge on any atom is -0.366 e. The number of para-hydroxylation sites is 1. The number of halogens is 1. The summed E-state index contributed by atoms with van der Waals surface area (Å²) in [6.07, 6.45) is 0.918. The van der Waals surface area contributed by atoms with Crippen LogP contribution in [0, 0.1) is 5.82 Å². The fourth-order valence-electron chi connectivity index (χ4n) is 4.10. The molecule has 0 unspecified atom stereocenters. The molecule has 5 heteroatoms. The zero-order valence-electron chi connectivity index (χ0n) is 14.6. The predicted octanol–water partition coefficient (Wildman–Crippen LogP) is 3.87. The van der Waals surface area contributed by atoms with Crippen molar-refractivity contribution in [2.75, 3.05) is 6.54 Å². The number of H-pyrrole nitrogens is 1. The van der Waals surface area contributed by atoms with Crippen molar-refractivity contribution in [2.45, 2.75) is 13.0 Å². The van der Waals surface area contributed by atoms with Crippen LogP contribution >= 0.6 is 0 Å². The lowest BCUT2D eigenvalue weighted by Crippen LogP contribution is -2.23. The number of primary amides is 1. The van der Waals surface area contributed by atoms with Gasteiger partial charge in [-0.25, -0.2) is 4.39 Å². The van der Waals surface area contributed by atoms with E-state index in [0.717, 1.165) is 36.0 Å². The molecule has 1 amide bonds. The molecule has 3 aromatic carbocycles. The molecule has 0 bridgehead atoms. The van der Waals surface area contributed by atoms with E-state index in [1.54, 1.807) is 0 Å². The van der Waals surface area contributed by atoms with Crippen LogP contribution < -0.4 is 11.1 Å². The van der Waals surface area contributed by atoms with Crippen molar-refractivity contribution in [3.05, 3.63) is 71.0 Å². The van der Waals surface area contributed by atoms with Crippen LogP contribution in [0.5, 0.6) is 0 Å². The molecule has 1 aromatic heterocycles. The van der Waals surface area contributed by atoms with Crippen LogP contribution in [0.3, 0.4) is 0 Å². The highest BCUT2D eigenvalue weighted by molar-refractivity contribution is 6.19. The number of fused-ring (bicyclic) bond motifs is 4. The average molecular weight is 359 g/mol. The number of benzene rings is 3. The van der Waals surface area contributed by atoms with Crippen LogP contribution in [0.4, 0.5) is 4.39 Å². The van der Waals surface area contributed by atoms with E-state index < -0.39 is 11.7 Å². The van der Waals surface area contributed by atoms with Crippen LogP contribution in [0.1, 0.15) is 21.5 Å². The zero-order chi connectivity index (χ0) is 18.5. The number of carbonyl (C=O) groups is 1. The fraction of sp³-hybridized carbons (Fsp3) is 0.136. The normalized spacial score (nSPS) is 13.8. The predicted molar refractivity (Wildman–Crippen MR) is 105 cm³/mol. The first-order valence-corrected chi connectivity index (χ1v) is 8.99. The van der Waals surface area contributed by atoms with Crippen LogP contribution in [-0.2, 0) is 13.0 Å². The molecule has 4 N–H and O–H groups in total. The Bertz CT molecular complexity index is 1230. The first-order valence-electron chi connectivity index (χ1n) is 8.99. The molecule has 0 fully saturated rings. The molecule has 0 atom stereocenters. The summed E-state index contributed by atoms with van der Waals surface area (Å²) in [7, 11) is 0. The number of aromatic amines is 1. The highest BCUT2D eigenvalue weighted by atomic mass is 19.1. The van der Waals surface area contributed by atoms with E-state index in [2.05, 4.69) is 22.4 Å². The van der Waals surface area contributed by atoms with Gasteiger partial charge in [-0.3, -0.25) is 4.79 Å². The second-order valence-electron chi connectivity index (χ2n) is 6.98. The molecule has 0 aliphatic carbocycles. The highest BCUT2D eigenvalue weighted by Gasteiger charge is 2.21. The van der Waals surface area contributed by atoms with Gasteiger partial charge in [-0.15, -0.1) is 0 Å². The van der Waals surface area contributed by atoms with Crippen molar-refractivity contribution in [3.63, 3.8) is 0 Å². The Balaban J connectivity index is 1.88. The van der Waals surface area contributed by atoms with E-state index >= 15 is 4.39 Å². The van der Waals surface area contributed by atoms with Crippen LogP contribution in [0.2, 0.25) is 0 Å². The number of nitrogens with one attached hydrogen (secondary N) is 2. The second kappa shape index (κ2) is 5.93. The van der Waals surface area contributed by atoms with E-state index in [1.165, 1.54) is 17.2 Å². The van der Waals surface area contributed by atoms with Gasteiger partial charge in [0.1, 0.15) is 5.82 Å². The smallest absolute Gasteiger partial charge is 0.250 e. The fourth-order valence-corrected chi connectivity index (χ4v) is 4.10. The molecule has 4 aromatic rings. The van der Waals surface area contributed by atoms with Gasteiger partial charge in [0.2, 0.25) is 0 Å². The molecular weight excluding hydrogens is 341 g/mol. The van der Waals surface area contributed by atoms with Gasteiger partial charge < -0.3 is 16.0 Å². The minimum absolute atomic E-state index is 0.171. The SMILES string of the molecule is NC(=O)c1cc(F)c(-c2ccc3c(c2)CCNC3)c2c1[nH]c1ccccc12. The van der Waals surface area contributed by atoms with Crippen molar-refractivity contribution in [2.24, 2.45) is 5.73 Å². The highest BCUT2D eigenvalue weighted by Crippen LogP contribution is 2.39. The quantitative estimate of drug-likeness (QED) is 0.508. The van der Waals surface area contributed by atoms with Gasteiger partial charge >= 0.3 is 0 Å². The third-order valence-electron chi connectivity index (χ3n) is 5.38. The summed E-state index contributed by atoms with van der Waals surface area (Å²) in [5.74, 6) is -1.08. The van der Waals surface area contributed by atoms with Crippen molar-refractivity contribution in [3.8, 4) is 11.1 Å². The summed E-state index contributed by atoms with van der Waals surface area (Å²) in [4.78, 5) is 15.2. The topological polar surface area (TPSA) is 70.9 Å². The molecule has 1 aliphatic rings. The summed E-state index contributed by atoms with van der Waals surface area (Å²) in [6.45, 7) is 1.75. The monoisotopic (exact) mass is 359 g/mol. The first-order chi connectivity index (χ1) is 13.1. The van der Waals surface area contributed by atoms with Gasteiger partial charge in [0, 0.05) is 28.4 Å². The molecule has 0 saturated heterocycles. The minimum atomic E-state index is -0.645. The molecule has 27 heavy (non-hydrogen) atoms. The van der Waals surface area contributed by atoms with Crippen molar-refractivity contribution in [1.82, 2.24) is 10.3 Å². The van der Waals surface area contributed by atoms with Crippen molar-refractivity contribution < 1.29 is 9.18 Å². The summed E-state index contributed by atoms with van der Waals surface area (Å²) >= 11 is 0. The van der Waals surface area contributed by atoms with Crippen molar-refractivity contribution in [1.29, 1.82) is 0 Å². The lowest BCUT2D eigenvalue weighted by Gasteiger charge is -2.18. The molecule has 0 spiro atoms. The summed E-state index contributed by atoms with van der Waals surface area (Å²) in [6, 6.07) is 15.0. The number of nitrogens with two attached hydrogens (primary N) is 1. The second-order valence-corrected chi connectivity index (χ2v) is 6.98. The van der Waals surface area contributed by atoms with E-state index in [9.17, 15) is 4.79 Å². The molecule has 134 valence electrons. The number of rotatable bonds is 2. The number of aromatic nitrogens is 1. The number of hydrogen-bond donors (Lipinski definition) is 3. The van der Waals surface area contributed by atoms with Crippen LogP contribution in [0.15, 0.2) is 48.5 Å². The van der Waals surface area contributed by atoms with Gasteiger partial charge in [0.05, 0.1) is 11.1 Å². The summed E-state index contributed by atoms with van der Waals surface area (Å²) < 4.78 is 15.2. The standard InChI is InChI=1S/C22H18FN3O/c23-17-10-16(22(24)27)21-20(15-3-1-2-4-18(15)26-21)19(17)13-5-6-14-11-25-8-7-12(14)9-13/h1-6,9-10,25-26H,7-8,11H2,(H2,24,27). The molecule has 5 rings (SSSR count). The van der Waals surface area contributed by atoms with Gasteiger partial charge in [-0.1, -0.05) is 36.4 Å². The molecule has 1 aliphatic heterocycles. The number of amides is 1. The Morgan fingerprint density at radius 3 is 2.78 bits per heavy atom. The molecular formula is C22H18FN3O. The Hall–Kier alpha value is -3.18. The average Bonchev–Trinajstić information content (AvgIpc) is 3.06. The van der Waals surface area contributed by atoms with E-state index in [0.29, 0.717) is 16.5 Å². The Labute approximate surface area is 155 Å². The third-order valence-corrected chi connectivity index (χ3v) is 5.38. The van der Waals surface area contributed by atoms with Gasteiger partial charge in [0.25, 0.3) is 5.91 Å². The van der Waals surface area contributed by atoms with E-state index in [-0.39, 0.29) is 5.56 Å². The zero-order valence-corrected chi connectivity index (χ0v) is 14.6. The Morgan fingerprint density at radius 1 is 1.07 bits per heavy atom. The molecule has 2 heterocycles. The first kappa shape index (κ1) is 16.0. The molecule has 0 saturated carbocycles.